The highest BCUT2D eigenvalue weighted by Gasteiger charge is 2.31. The molecule has 1 aliphatic rings. The van der Waals surface area contributed by atoms with Gasteiger partial charge >= 0.3 is 5.97 Å². The van der Waals surface area contributed by atoms with Crippen molar-refractivity contribution in [2.75, 3.05) is 14.2 Å². The first-order chi connectivity index (χ1) is 11.0. The highest BCUT2D eigenvalue weighted by atomic mass is 16.5. The molecule has 2 aromatic rings. The van der Waals surface area contributed by atoms with Gasteiger partial charge in [-0.15, -0.1) is 10.2 Å². The van der Waals surface area contributed by atoms with Gasteiger partial charge < -0.3 is 14.8 Å². The van der Waals surface area contributed by atoms with Crippen molar-refractivity contribution in [3.63, 3.8) is 0 Å². The highest BCUT2D eigenvalue weighted by Crippen LogP contribution is 2.29. The van der Waals surface area contributed by atoms with Crippen molar-refractivity contribution in [3.05, 3.63) is 35.4 Å². The van der Waals surface area contributed by atoms with Crippen molar-refractivity contribution in [1.82, 2.24) is 20.1 Å². The number of benzene rings is 1. The Morgan fingerprint density at radius 3 is 2.83 bits per heavy atom. The van der Waals surface area contributed by atoms with Crippen molar-refractivity contribution < 1.29 is 19.1 Å². The van der Waals surface area contributed by atoms with E-state index >= 15 is 0 Å². The fourth-order valence-corrected chi connectivity index (χ4v) is 2.61. The second-order valence-corrected chi connectivity index (χ2v) is 5.13. The molecule has 1 aromatic heterocycles. The molecular formula is C15H16N4O4. The van der Waals surface area contributed by atoms with E-state index in [1.807, 2.05) is 0 Å². The minimum atomic E-state index is -0.616. The van der Waals surface area contributed by atoms with Crippen LogP contribution in [0.3, 0.4) is 0 Å². The smallest absolute Gasteiger partial charge is 0.308 e. The average molecular weight is 316 g/mol. The maximum Gasteiger partial charge on any atom is 0.308 e. The summed E-state index contributed by atoms with van der Waals surface area (Å²) >= 11 is 0. The molecule has 0 fully saturated rings. The second kappa shape index (κ2) is 5.71. The number of carbonyl (C=O) groups is 2. The van der Waals surface area contributed by atoms with E-state index in [2.05, 4.69) is 15.5 Å². The Morgan fingerprint density at radius 2 is 2.13 bits per heavy atom. The minimum Gasteiger partial charge on any atom is -0.497 e. The van der Waals surface area contributed by atoms with E-state index in [1.165, 1.54) is 14.2 Å². The number of nitrogens with one attached hydrogen (secondary N) is 1. The zero-order chi connectivity index (χ0) is 16.6. The van der Waals surface area contributed by atoms with Crippen LogP contribution in [0.1, 0.15) is 34.5 Å². The number of methoxy groups -OCH3 is 2. The van der Waals surface area contributed by atoms with E-state index < -0.39 is 12.0 Å². The lowest BCUT2D eigenvalue weighted by atomic mass is 10.1. The summed E-state index contributed by atoms with van der Waals surface area (Å²) in [5, 5.41) is 11.0. The zero-order valence-electron chi connectivity index (χ0n) is 13.0. The molecule has 2 heterocycles. The molecule has 0 saturated carbocycles. The quantitative estimate of drug-likeness (QED) is 0.847. The largest absolute Gasteiger partial charge is 0.497 e. The molecule has 1 aliphatic heterocycles. The van der Waals surface area contributed by atoms with E-state index in [0.29, 0.717) is 28.6 Å². The van der Waals surface area contributed by atoms with Crippen LogP contribution in [-0.4, -0.2) is 40.9 Å². The fraction of sp³-hybridized carbons (Fsp3) is 0.333. The van der Waals surface area contributed by atoms with Gasteiger partial charge in [0.25, 0.3) is 5.91 Å². The molecule has 1 atom stereocenters. The van der Waals surface area contributed by atoms with Crippen LogP contribution in [0, 0.1) is 6.92 Å². The van der Waals surface area contributed by atoms with Crippen LogP contribution in [0.2, 0.25) is 0 Å². The number of esters is 1. The van der Waals surface area contributed by atoms with E-state index in [1.54, 1.807) is 29.7 Å². The van der Waals surface area contributed by atoms with Crippen LogP contribution in [0.25, 0.3) is 5.69 Å². The number of fused-ring (bicyclic) bond motifs is 3. The lowest BCUT2D eigenvalue weighted by molar-refractivity contribution is -0.141. The molecule has 1 unspecified atom stereocenters. The molecule has 0 aliphatic carbocycles. The Morgan fingerprint density at radius 1 is 1.35 bits per heavy atom. The highest BCUT2D eigenvalue weighted by molar-refractivity contribution is 5.99. The minimum absolute atomic E-state index is 0.0223. The van der Waals surface area contributed by atoms with Crippen molar-refractivity contribution in [3.8, 4) is 11.4 Å². The van der Waals surface area contributed by atoms with Crippen LogP contribution in [0.5, 0.6) is 5.75 Å². The lowest BCUT2D eigenvalue weighted by Gasteiger charge is -2.14. The van der Waals surface area contributed by atoms with E-state index in [9.17, 15) is 9.59 Å². The molecule has 1 amide bonds. The lowest BCUT2D eigenvalue weighted by Crippen LogP contribution is -2.30. The number of nitrogens with zero attached hydrogens (tertiary/aromatic N) is 3. The summed E-state index contributed by atoms with van der Waals surface area (Å²) in [6.45, 7) is 1.79. The van der Waals surface area contributed by atoms with Gasteiger partial charge in [0.2, 0.25) is 0 Å². The zero-order valence-corrected chi connectivity index (χ0v) is 13.0. The SMILES string of the molecule is COC(=O)CC1NC(=O)c2cc(OC)ccc2-n2c(C)nnc21. The first kappa shape index (κ1) is 15.0. The molecule has 8 nitrogen and oxygen atoms in total. The Balaban J connectivity index is 2.15. The third kappa shape index (κ3) is 2.52. The van der Waals surface area contributed by atoms with E-state index in [4.69, 9.17) is 9.47 Å². The third-order valence-electron chi connectivity index (χ3n) is 3.75. The summed E-state index contributed by atoms with van der Waals surface area (Å²) in [4.78, 5) is 24.2. The average Bonchev–Trinajstić information content (AvgIpc) is 2.89. The van der Waals surface area contributed by atoms with Crippen LogP contribution in [0.15, 0.2) is 18.2 Å². The van der Waals surface area contributed by atoms with Crippen molar-refractivity contribution in [2.24, 2.45) is 0 Å². The van der Waals surface area contributed by atoms with Gasteiger partial charge in [0, 0.05) is 0 Å². The van der Waals surface area contributed by atoms with Gasteiger partial charge in [0.05, 0.1) is 31.9 Å². The number of carbonyl (C=O) groups excluding carboxylic acids is 2. The van der Waals surface area contributed by atoms with Crippen LogP contribution in [-0.2, 0) is 9.53 Å². The molecule has 0 bridgehead atoms. The summed E-state index contributed by atoms with van der Waals surface area (Å²) in [6.07, 6.45) is -0.0223. The van der Waals surface area contributed by atoms with Crippen molar-refractivity contribution >= 4 is 11.9 Å². The Bertz CT molecular complexity index is 784. The molecule has 0 saturated heterocycles. The molecular weight excluding hydrogens is 300 g/mol. The van der Waals surface area contributed by atoms with Crippen LogP contribution < -0.4 is 10.1 Å². The summed E-state index contributed by atoms with van der Waals surface area (Å²) in [7, 11) is 2.84. The third-order valence-corrected chi connectivity index (χ3v) is 3.75. The Labute approximate surface area is 132 Å². The van der Waals surface area contributed by atoms with E-state index in [0.717, 1.165) is 0 Å². The number of hydrogen-bond acceptors (Lipinski definition) is 6. The molecule has 3 rings (SSSR count). The van der Waals surface area contributed by atoms with Gasteiger partial charge in [-0.1, -0.05) is 0 Å². The summed E-state index contributed by atoms with van der Waals surface area (Å²) in [6, 6.07) is 4.56. The number of hydrogen-bond donors (Lipinski definition) is 1. The van der Waals surface area contributed by atoms with Gasteiger partial charge in [-0.05, 0) is 25.1 Å². The topological polar surface area (TPSA) is 95.3 Å². The monoisotopic (exact) mass is 316 g/mol. The molecule has 1 aromatic carbocycles. The Kier molecular flexibility index (Phi) is 3.73. The Hall–Kier alpha value is -2.90. The number of rotatable bonds is 3. The normalized spacial score (nSPS) is 16.0. The number of aromatic nitrogens is 3. The molecule has 0 radical (unpaired) electrons. The van der Waals surface area contributed by atoms with Gasteiger partial charge in [-0.3, -0.25) is 14.2 Å². The molecule has 120 valence electrons. The second-order valence-electron chi connectivity index (χ2n) is 5.13. The summed E-state index contributed by atoms with van der Waals surface area (Å²) in [5.41, 5.74) is 1.08. The molecule has 1 N–H and O–H groups in total. The van der Waals surface area contributed by atoms with E-state index in [-0.39, 0.29) is 12.3 Å². The molecule has 23 heavy (non-hydrogen) atoms. The van der Waals surface area contributed by atoms with Crippen LogP contribution in [0.4, 0.5) is 0 Å². The van der Waals surface area contributed by atoms with Crippen molar-refractivity contribution in [2.45, 2.75) is 19.4 Å². The van der Waals surface area contributed by atoms with Gasteiger partial charge in [-0.2, -0.15) is 0 Å². The maximum atomic E-state index is 12.6. The summed E-state index contributed by atoms with van der Waals surface area (Å²) in [5.74, 6) is 0.935. The molecule has 8 heteroatoms. The fourth-order valence-electron chi connectivity index (χ4n) is 2.61. The standard InChI is InChI=1S/C15H16N4O4/c1-8-17-18-14-11(7-13(20)23-3)16-15(21)10-6-9(22-2)4-5-12(10)19(8)14/h4-6,11H,7H2,1-3H3,(H,16,21). The molecule has 0 spiro atoms. The van der Waals surface area contributed by atoms with Crippen LogP contribution >= 0.6 is 0 Å². The maximum absolute atomic E-state index is 12.6. The van der Waals surface area contributed by atoms with Gasteiger partial charge in [0.1, 0.15) is 17.6 Å². The number of ether oxygens (including phenoxy) is 2. The van der Waals surface area contributed by atoms with Crippen molar-refractivity contribution in [1.29, 1.82) is 0 Å². The number of amides is 1. The predicted octanol–water partition coefficient (Wildman–Crippen LogP) is 0.932. The van der Waals surface area contributed by atoms with Gasteiger partial charge in [0.15, 0.2) is 5.82 Å². The first-order valence-corrected chi connectivity index (χ1v) is 7.03. The summed E-state index contributed by atoms with van der Waals surface area (Å²) < 4.78 is 11.6. The first-order valence-electron chi connectivity index (χ1n) is 7.03. The predicted molar refractivity (Wildman–Crippen MR) is 79.5 cm³/mol. The van der Waals surface area contributed by atoms with Gasteiger partial charge in [-0.25, -0.2) is 0 Å². The number of aryl methyl sites for hydroxylation is 1.